The van der Waals surface area contributed by atoms with Crippen LogP contribution in [0, 0.1) is 0 Å². The summed E-state index contributed by atoms with van der Waals surface area (Å²) in [6, 6.07) is 7.44. The fourth-order valence-electron chi connectivity index (χ4n) is 2.37. The summed E-state index contributed by atoms with van der Waals surface area (Å²) in [6.45, 7) is 4.69. The van der Waals surface area contributed by atoms with Crippen LogP contribution in [0.2, 0.25) is 0 Å². The molecule has 2 bridgehead atoms. The van der Waals surface area contributed by atoms with E-state index in [2.05, 4.69) is 19.7 Å². The first-order valence-corrected chi connectivity index (χ1v) is 5.83. The van der Waals surface area contributed by atoms with Crippen molar-refractivity contribution in [3.63, 3.8) is 0 Å². The van der Waals surface area contributed by atoms with E-state index in [-0.39, 0.29) is 0 Å². The van der Waals surface area contributed by atoms with Crippen LogP contribution in [0.1, 0.15) is 5.56 Å². The van der Waals surface area contributed by atoms with Crippen molar-refractivity contribution in [1.29, 1.82) is 0 Å². The van der Waals surface area contributed by atoms with Crippen molar-refractivity contribution in [1.82, 2.24) is 15.1 Å². The summed E-state index contributed by atoms with van der Waals surface area (Å²) in [6.07, 6.45) is 2.03. The molecule has 0 aromatic heterocycles. The molecule has 2 heterocycles. The molecule has 5 nitrogen and oxygen atoms in total. The molecule has 0 aliphatic carbocycles. The zero-order valence-corrected chi connectivity index (χ0v) is 9.71. The molecule has 2 saturated heterocycles. The molecule has 2 aliphatic rings. The predicted molar refractivity (Wildman–Crippen MR) is 64.7 cm³/mol. The largest absolute Gasteiger partial charge is 0.507 e. The third kappa shape index (κ3) is 2.31. The molecule has 0 radical (unpaired) electrons. The number of hydrogen-bond donors (Lipinski definition) is 2. The molecular formula is C12H17N4O+. The third-order valence-corrected chi connectivity index (χ3v) is 3.09. The van der Waals surface area contributed by atoms with Gasteiger partial charge in [0.05, 0.1) is 25.6 Å². The van der Waals surface area contributed by atoms with Gasteiger partial charge in [0.2, 0.25) is 13.3 Å². The van der Waals surface area contributed by atoms with E-state index >= 15 is 0 Å². The highest BCUT2D eigenvalue weighted by Gasteiger charge is 2.28. The maximum Gasteiger partial charge on any atom is 0.202 e. The molecule has 0 amide bonds. The fraction of sp³-hybridized carbons (Fsp3) is 0.417. The summed E-state index contributed by atoms with van der Waals surface area (Å²) >= 11 is 0. The quantitative estimate of drug-likeness (QED) is 0.661. The van der Waals surface area contributed by atoms with E-state index < -0.39 is 0 Å². The van der Waals surface area contributed by atoms with Gasteiger partial charge < -0.3 is 5.11 Å². The van der Waals surface area contributed by atoms with E-state index in [0.717, 1.165) is 38.9 Å². The number of hydrogen-bond acceptors (Lipinski definition) is 4. The molecule has 2 aliphatic heterocycles. The molecule has 3 rings (SSSR count). The van der Waals surface area contributed by atoms with E-state index in [9.17, 15) is 5.11 Å². The van der Waals surface area contributed by atoms with Crippen LogP contribution in [0.25, 0.3) is 0 Å². The number of para-hydroxylation sites is 1. The van der Waals surface area contributed by atoms with Gasteiger partial charge in [-0.05, 0) is 12.1 Å². The van der Waals surface area contributed by atoms with Gasteiger partial charge in [-0.1, -0.05) is 12.1 Å². The van der Waals surface area contributed by atoms with Crippen molar-refractivity contribution in [2.45, 2.75) is 0 Å². The minimum atomic E-state index is 0.339. The van der Waals surface area contributed by atoms with E-state index in [4.69, 9.17) is 0 Å². The number of benzene rings is 1. The second kappa shape index (κ2) is 4.44. The lowest BCUT2D eigenvalue weighted by Gasteiger charge is -2.37. The van der Waals surface area contributed by atoms with Gasteiger partial charge in [0, 0.05) is 0 Å². The van der Waals surface area contributed by atoms with Gasteiger partial charge in [0.15, 0.2) is 6.21 Å². The highest BCUT2D eigenvalue weighted by atomic mass is 16.3. The molecule has 0 saturated carbocycles. The van der Waals surface area contributed by atoms with Crippen LogP contribution in [0.4, 0.5) is 0 Å². The summed E-state index contributed by atoms with van der Waals surface area (Å²) in [4.78, 5) is 4.65. The highest BCUT2D eigenvalue weighted by Crippen LogP contribution is 2.13. The van der Waals surface area contributed by atoms with Crippen LogP contribution in [0.3, 0.4) is 0 Å². The predicted octanol–water partition coefficient (Wildman–Crippen LogP) is -0.168. The molecule has 2 unspecified atom stereocenters. The normalized spacial score (nSPS) is 27.9. The maximum absolute atomic E-state index is 9.75. The molecule has 2 fully saturated rings. The number of phenols is 1. The zero-order chi connectivity index (χ0) is 11.7. The van der Waals surface area contributed by atoms with Crippen LogP contribution in [0.15, 0.2) is 24.3 Å². The van der Waals surface area contributed by atoms with E-state index in [1.165, 1.54) is 0 Å². The number of nitrogens with one attached hydrogen (secondary N) is 1. The molecule has 17 heavy (non-hydrogen) atoms. The van der Waals surface area contributed by atoms with Crippen molar-refractivity contribution < 1.29 is 9.68 Å². The summed E-state index contributed by atoms with van der Waals surface area (Å²) < 4.78 is 2.22. The number of nitrogens with zero attached hydrogens (tertiary/aromatic N) is 3. The monoisotopic (exact) mass is 233 g/mol. The van der Waals surface area contributed by atoms with Crippen molar-refractivity contribution in [3.8, 4) is 5.75 Å². The molecule has 2 N–H and O–H groups in total. The standard InChI is InChI=1S/C12H16N4O/c17-12-4-2-1-3-11(12)5-14-8-15-6-13-7-16(9-14)10-15/h1-5,13H,6-10H2/p+1. The third-order valence-electron chi connectivity index (χ3n) is 3.09. The maximum atomic E-state index is 9.75. The average molecular weight is 233 g/mol. The first-order chi connectivity index (χ1) is 8.31. The Kier molecular flexibility index (Phi) is 2.80. The molecule has 1 aromatic carbocycles. The number of rotatable bonds is 1. The topological polar surface area (TPSA) is 41.8 Å². The minimum Gasteiger partial charge on any atom is -0.507 e. The van der Waals surface area contributed by atoms with Crippen LogP contribution < -0.4 is 5.32 Å². The lowest BCUT2D eigenvalue weighted by molar-refractivity contribution is -0.587. The average Bonchev–Trinajstić information content (AvgIpc) is 2.32. The Balaban J connectivity index is 1.82. The van der Waals surface area contributed by atoms with Crippen LogP contribution in [-0.4, -0.2) is 59.0 Å². The fourth-order valence-corrected chi connectivity index (χ4v) is 2.37. The van der Waals surface area contributed by atoms with Crippen molar-refractivity contribution >= 4 is 6.21 Å². The van der Waals surface area contributed by atoms with Crippen LogP contribution in [0.5, 0.6) is 5.75 Å². The van der Waals surface area contributed by atoms with Gasteiger partial charge in [0.25, 0.3) is 0 Å². The Morgan fingerprint density at radius 2 is 1.88 bits per heavy atom. The second-order valence-electron chi connectivity index (χ2n) is 4.61. The van der Waals surface area contributed by atoms with E-state index in [1.807, 2.05) is 24.4 Å². The van der Waals surface area contributed by atoms with Crippen molar-refractivity contribution in [3.05, 3.63) is 29.8 Å². The van der Waals surface area contributed by atoms with E-state index in [1.54, 1.807) is 6.07 Å². The Hall–Kier alpha value is -1.43. The van der Waals surface area contributed by atoms with Crippen LogP contribution in [-0.2, 0) is 0 Å². The molecule has 90 valence electrons. The van der Waals surface area contributed by atoms with Crippen LogP contribution >= 0.6 is 0 Å². The summed E-state index contributed by atoms with van der Waals surface area (Å²) in [7, 11) is 0. The van der Waals surface area contributed by atoms with Gasteiger partial charge in [0.1, 0.15) is 5.75 Å². The van der Waals surface area contributed by atoms with Gasteiger partial charge in [-0.3, -0.25) is 5.32 Å². The highest BCUT2D eigenvalue weighted by molar-refractivity contribution is 5.79. The summed E-state index contributed by atoms with van der Waals surface area (Å²) in [5.41, 5.74) is 0.878. The Morgan fingerprint density at radius 3 is 2.59 bits per heavy atom. The van der Waals surface area contributed by atoms with E-state index in [0.29, 0.717) is 5.75 Å². The number of aromatic hydroxyl groups is 1. The Bertz CT molecular complexity index is 432. The molecule has 0 spiro atoms. The van der Waals surface area contributed by atoms with Gasteiger partial charge >= 0.3 is 0 Å². The number of phenolic OH excluding ortho intramolecular Hbond substituents is 1. The lowest BCUT2D eigenvalue weighted by Crippen LogP contribution is -2.60. The smallest absolute Gasteiger partial charge is 0.202 e. The zero-order valence-electron chi connectivity index (χ0n) is 9.71. The molecule has 1 aromatic rings. The second-order valence-corrected chi connectivity index (χ2v) is 4.61. The summed E-state index contributed by atoms with van der Waals surface area (Å²) in [5.74, 6) is 0.339. The molecule has 2 atom stereocenters. The first kappa shape index (κ1) is 10.7. The van der Waals surface area contributed by atoms with Gasteiger partial charge in [-0.15, -0.1) is 0 Å². The first-order valence-electron chi connectivity index (χ1n) is 5.83. The SMILES string of the molecule is Oc1ccccc1C=[N+]1CN2CNCN(C2)C1. The molecule has 5 heteroatoms. The Morgan fingerprint density at radius 1 is 1.18 bits per heavy atom. The molecular weight excluding hydrogens is 216 g/mol. The minimum absolute atomic E-state index is 0.339. The summed E-state index contributed by atoms with van der Waals surface area (Å²) in [5, 5.41) is 13.1. The van der Waals surface area contributed by atoms with Crippen molar-refractivity contribution in [2.75, 3.05) is 33.3 Å². The Labute approximate surface area is 101 Å². The van der Waals surface area contributed by atoms with Crippen molar-refractivity contribution in [2.24, 2.45) is 0 Å². The number of fused-ring (bicyclic) bond motifs is 2. The van der Waals surface area contributed by atoms with Gasteiger partial charge in [-0.2, -0.15) is 0 Å². The lowest BCUT2D eigenvalue weighted by atomic mass is 10.2. The van der Waals surface area contributed by atoms with Gasteiger partial charge in [-0.25, -0.2) is 14.4 Å².